The van der Waals surface area contributed by atoms with Crippen LogP contribution in [0.25, 0.3) is 11.1 Å². The zero-order chi connectivity index (χ0) is 13.0. The summed E-state index contributed by atoms with van der Waals surface area (Å²) < 4.78 is 5.02. The molecule has 2 bridgehead atoms. The predicted molar refractivity (Wildman–Crippen MR) is 70.1 cm³/mol. The lowest BCUT2D eigenvalue weighted by Gasteiger charge is -2.20. The number of Topliss-reactive ketones (excluding diaryl/α,β-unsaturated/α-hetero) is 1. The number of carbonyl (C=O) groups excluding carboxylic acids is 1. The highest BCUT2D eigenvalue weighted by Crippen LogP contribution is 2.49. The van der Waals surface area contributed by atoms with E-state index in [9.17, 15) is 9.59 Å². The first-order valence-electron chi connectivity index (χ1n) is 6.88. The van der Waals surface area contributed by atoms with Crippen LogP contribution in [0, 0.1) is 17.8 Å². The molecular weight excluding hydrogens is 242 g/mol. The molecule has 1 aromatic carbocycles. The number of oxazole rings is 1. The van der Waals surface area contributed by atoms with Crippen molar-refractivity contribution in [2.75, 3.05) is 0 Å². The SMILES string of the molecule is O=C(c1ccc2[nH]c(=O)oc2c1)C1CC2CCC1C2. The Balaban J connectivity index is 1.69. The van der Waals surface area contributed by atoms with Gasteiger partial charge in [0.25, 0.3) is 0 Å². The summed E-state index contributed by atoms with van der Waals surface area (Å²) >= 11 is 0. The van der Waals surface area contributed by atoms with Gasteiger partial charge in [-0.15, -0.1) is 0 Å². The number of carbonyl (C=O) groups is 1. The summed E-state index contributed by atoms with van der Waals surface area (Å²) in [6.07, 6.45) is 4.75. The van der Waals surface area contributed by atoms with Crippen LogP contribution >= 0.6 is 0 Å². The molecule has 2 aliphatic rings. The van der Waals surface area contributed by atoms with Crippen LogP contribution in [0.5, 0.6) is 0 Å². The van der Waals surface area contributed by atoms with Crippen molar-refractivity contribution in [3.05, 3.63) is 34.3 Å². The molecule has 1 N–H and O–H groups in total. The molecule has 2 aromatic rings. The molecular formula is C15H15NO3. The molecule has 2 fully saturated rings. The smallest absolute Gasteiger partial charge is 0.408 e. The van der Waals surface area contributed by atoms with Gasteiger partial charge in [-0.3, -0.25) is 9.78 Å². The van der Waals surface area contributed by atoms with E-state index in [4.69, 9.17) is 4.42 Å². The van der Waals surface area contributed by atoms with Gasteiger partial charge < -0.3 is 4.42 Å². The summed E-state index contributed by atoms with van der Waals surface area (Å²) in [7, 11) is 0. The van der Waals surface area contributed by atoms with Crippen molar-refractivity contribution in [1.82, 2.24) is 4.98 Å². The number of nitrogens with one attached hydrogen (secondary N) is 1. The Labute approximate surface area is 109 Å². The highest BCUT2D eigenvalue weighted by molar-refractivity contribution is 6.00. The Morgan fingerprint density at radius 3 is 2.89 bits per heavy atom. The van der Waals surface area contributed by atoms with E-state index < -0.39 is 5.76 Å². The van der Waals surface area contributed by atoms with E-state index in [-0.39, 0.29) is 11.7 Å². The van der Waals surface area contributed by atoms with Gasteiger partial charge in [-0.05, 0) is 49.3 Å². The van der Waals surface area contributed by atoms with Gasteiger partial charge in [-0.1, -0.05) is 6.42 Å². The van der Waals surface area contributed by atoms with E-state index in [1.54, 1.807) is 18.2 Å². The molecule has 0 amide bonds. The number of hydrogen-bond donors (Lipinski definition) is 1. The monoisotopic (exact) mass is 257 g/mol. The van der Waals surface area contributed by atoms with Crippen LogP contribution in [0.2, 0.25) is 0 Å². The Hall–Kier alpha value is -1.84. The summed E-state index contributed by atoms with van der Waals surface area (Å²) in [4.78, 5) is 26.3. The van der Waals surface area contributed by atoms with Crippen molar-refractivity contribution in [3.8, 4) is 0 Å². The molecule has 3 unspecified atom stereocenters. The molecule has 3 atom stereocenters. The van der Waals surface area contributed by atoms with Crippen LogP contribution in [-0.4, -0.2) is 10.8 Å². The summed E-state index contributed by atoms with van der Waals surface area (Å²) in [6.45, 7) is 0. The molecule has 4 nitrogen and oxygen atoms in total. The van der Waals surface area contributed by atoms with Gasteiger partial charge in [0.1, 0.15) is 0 Å². The third-order valence-corrected chi connectivity index (χ3v) is 4.78. The fourth-order valence-electron chi connectivity index (χ4n) is 3.88. The Morgan fingerprint density at radius 1 is 1.26 bits per heavy atom. The zero-order valence-corrected chi connectivity index (χ0v) is 10.5. The average Bonchev–Trinajstić information content (AvgIpc) is 3.09. The maximum Gasteiger partial charge on any atom is 0.417 e. The summed E-state index contributed by atoms with van der Waals surface area (Å²) in [5.41, 5.74) is 1.79. The molecule has 98 valence electrons. The first-order chi connectivity index (χ1) is 9.20. The lowest BCUT2D eigenvalue weighted by molar-refractivity contribution is 0.0875. The maximum absolute atomic E-state index is 12.6. The molecule has 19 heavy (non-hydrogen) atoms. The van der Waals surface area contributed by atoms with Crippen LogP contribution in [0.3, 0.4) is 0 Å². The second kappa shape index (κ2) is 3.83. The summed E-state index contributed by atoms with van der Waals surface area (Å²) in [6, 6.07) is 5.24. The Bertz CT molecular complexity index is 711. The number of aromatic nitrogens is 1. The second-order valence-electron chi connectivity index (χ2n) is 5.87. The van der Waals surface area contributed by atoms with E-state index in [0.29, 0.717) is 22.6 Å². The first kappa shape index (κ1) is 11.0. The quantitative estimate of drug-likeness (QED) is 0.841. The van der Waals surface area contributed by atoms with Crippen molar-refractivity contribution < 1.29 is 9.21 Å². The van der Waals surface area contributed by atoms with Crippen LogP contribution < -0.4 is 5.76 Å². The van der Waals surface area contributed by atoms with Crippen molar-refractivity contribution in [3.63, 3.8) is 0 Å². The fourth-order valence-corrected chi connectivity index (χ4v) is 3.88. The fraction of sp³-hybridized carbons (Fsp3) is 0.467. The second-order valence-corrected chi connectivity index (χ2v) is 5.87. The van der Waals surface area contributed by atoms with Crippen LogP contribution in [-0.2, 0) is 0 Å². The molecule has 2 aliphatic carbocycles. The first-order valence-corrected chi connectivity index (χ1v) is 6.88. The molecule has 0 aliphatic heterocycles. The number of aromatic amines is 1. The van der Waals surface area contributed by atoms with E-state index in [1.807, 2.05) is 0 Å². The minimum atomic E-state index is -0.473. The summed E-state index contributed by atoms with van der Waals surface area (Å²) in [5.74, 6) is 1.26. The van der Waals surface area contributed by atoms with Gasteiger partial charge in [0.05, 0.1) is 5.52 Å². The van der Waals surface area contributed by atoms with E-state index in [1.165, 1.54) is 19.3 Å². The third-order valence-electron chi connectivity index (χ3n) is 4.78. The number of hydrogen-bond acceptors (Lipinski definition) is 3. The highest BCUT2D eigenvalue weighted by Gasteiger charge is 2.43. The average molecular weight is 257 g/mol. The van der Waals surface area contributed by atoms with Gasteiger partial charge in [-0.2, -0.15) is 0 Å². The summed E-state index contributed by atoms with van der Waals surface area (Å²) in [5, 5.41) is 0. The molecule has 0 spiro atoms. The molecule has 0 radical (unpaired) electrons. The topological polar surface area (TPSA) is 63.1 Å². The van der Waals surface area contributed by atoms with Gasteiger partial charge in [0, 0.05) is 11.5 Å². The van der Waals surface area contributed by atoms with Crippen LogP contribution in [0.1, 0.15) is 36.0 Å². The van der Waals surface area contributed by atoms with Gasteiger partial charge in [0.2, 0.25) is 0 Å². The van der Waals surface area contributed by atoms with Crippen molar-refractivity contribution in [2.45, 2.75) is 25.7 Å². The molecule has 4 heteroatoms. The third kappa shape index (κ3) is 1.66. The zero-order valence-electron chi connectivity index (χ0n) is 10.5. The number of ketones is 1. The van der Waals surface area contributed by atoms with E-state index >= 15 is 0 Å². The Morgan fingerprint density at radius 2 is 2.16 bits per heavy atom. The minimum Gasteiger partial charge on any atom is -0.408 e. The normalized spacial score (nSPS) is 29.2. The Kier molecular flexibility index (Phi) is 2.22. The van der Waals surface area contributed by atoms with E-state index in [0.717, 1.165) is 12.3 Å². The molecule has 1 aromatic heterocycles. The number of fused-ring (bicyclic) bond motifs is 3. The maximum atomic E-state index is 12.6. The van der Waals surface area contributed by atoms with Crippen LogP contribution in [0.4, 0.5) is 0 Å². The molecule has 4 rings (SSSR count). The van der Waals surface area contributed by atoms with Crippen LogP contribution in [0.15, 0.2) is 27.4 Å². The van der Waals surface area contributed by atoms with E-state index in [2.05, 4.69) is 4.98 Å². The molecule has 2 saturated carbocycles. The highest BCUT2D eigenvalue weighted by atomic mass is 16.4. The number of rotatable bonds is 2. The van der Waals surface area contributed by atoms with Gasteiger partial charge in [0.15, 0.2) is 11.4 Å². The van der Waals surface area contributed by atoms with Gasteiger partial charge in [-0.25, -0.2) is 4.79 Å². The molecule has 0 saturated heterocycles. The largest absolute Gasteiger partial charge is 0.417 e. The van der Waals surface area contributed by atoms with Crippen molar-refractivity contribution >= 4 is 16.9 Å². The lowest BCUT2D eigenvalue weighted by atomic mass is 9.83. The van der Waals surface area contributed by atoms with Gasteiger partial charge >= 0.3 is 5.76 Å². The predicted octanol–water partition coefficient (Wildman–Crippen LogP) is 2.74. The molecule has 1 heterocycles. The standard InChI is InChI=1S/C15H15NO3/c17-14(11-6-8-1-2-9(11)5-8)10-3-4-12-13(7-10)19-15(18)16-12/h3-4,7-9,11H,1-2,5-6H2,(H,16,18). The number of benzene rings is 1. The number of H-pyrrole nitrogens is 1. The van der Waals surface area contributed by atoms with Crippen molar-refractivity contribution in [2.24, 2.45) is 17.8 Å². The minimum absolute atomic E-state index is 0.182. The van der Waals surface area contributed by atoms with Crippen molar-refractivity contribution in [1.29, 1.82) is 0 Å². The lowest BCUT2D eigenvalue weighted by Crippen LogP contribution is -2.20.